The fourth-order valence-corrected chi connectivity index (χ4v) is 3.90. The first-order chi connectivity index (χ1) is 16.4. The van der Waals surface area contributed by atoms with E-state index >= 15 is 0 Å². The Morgan fingerprint density at radius 3 is 2.35 bits per heavy atom. The largest absolute Gasteiger partial charge is 0.207 e. The number of aryl methyl sites for hydroxylation is 2. The number of allylic oxidation sites excluding steroid dienone is 2. The van der Waals surface area contributed by atoms with Crippen LogP contribution < -0.4 is 0 Å². The average molecular weight is 454 g/mol. The lowest BCUT2D eigenvalue weighted by atomic mass is 9.92. The number of hydrogen-bond acceptors (Lipinski definition) is 1. The van der Waals surface area contributed by atoms with Crippen molar-refractivity contribution in [3.63, 3.8) is 0 Å². The molecule has 3 rings (SSSR count). The Labute approximate surface area is 205 Å². The molecule has 34 heavy (non-hydrogen) atoms. The highest BCUT2D eigenvalue weighted by Crippen LogP contribution is 2.29. The van der Waals surface area contributed by atoms with E-state index in [1.807, 2.05) is 30.3 Å². The van der Waals surface area contributed by atoms with Gasteiger partial charge in [0.05, 0.1) is 11.6 Å². The lowest BCUT2D eigenvalue weighted by Crippen LogP contribution is -1.92. The molecule has 0 fully saturated rings. The van der Waals surface area contributed by atoms with Crippen LogP contribution in [0.3, 0.4) is 0 Å². The van der Waals surface area contributed by atoms with Crippen LogP contribution in [0.5, 0.6) is 0 Å². The predicted octanol–water partition coefficient (Wildman–Crippen LogP) is 9.46. The molecule has 0 aromatic heterocycles. The topological polar surface area (TPSA) is 23.8 Å². The third kappa shape index (κ3) is 8.16. The molecule has 0 bridgehead atoms. The van der Waals surface area contributed by atoms with Crippen molar-refractivity contribution in [2.45, 2.75) is 59.3 Å². The van der Waals surface area contributed by atoms with Crippen LogP contribution in [-0.4, -0.2) is 0 Å². The second-order valence-electron chi connectivity index (χ2n) is 8.63. The molecule has 0 spiro atoms. The zero-order chi connectivity index (χ0) is 24.9. The highest BCUT2D eigenvalue weighted by atomic mass is 19.1. The maximum atomic E-state index is 12.5. The number of hydrogen-bond donors (Lipinski definition) is 0. The van der Waals surface area contributed by atoms with Gasteiger partial charge in [-0.25, -0.2) is 4.39 Å². The second-order valence-corrected chi connectivity index (χ2v) is 8.63. The van der Waals surface area contributed by atoms with Crippen molar-refractivity contribution in [1.29, 1.82) is 5.26 Å². The fraction of sp³-hybridized carbons (Fsp3) is 0.281. The minimum Gasteiger partial charge on any atom is -0.207 e. The summed E-state index contributed by atoms with van der Waals surface area (Å²) in [6.45, 7) is 14.7. The molecule has 176 valence electrons. The number of rotatable bonds is 9. The molecule has 0 amide bonds. The SMILES string of the molecule is C=C(CC)CCCC(=C)c1ccc(-c2ccccc2C#N)cc1C.CCCc1cccc(F)c1. The summed E-state index contributed by atoms with van der Waals surface area (Å²) in [6.07, 6.45) is 6.26. The molecule has 3 aromatic carbocycles. The van der Waals surface area contributed by atoms with Crippen molar-refractivity contribution >= 4 is 5.57 Å². The molecule has 2 heteroatoms. The maximum Gasteiger partial charge on any atom is 0.123 e. The van der Waals surface area contributed by atoms with E-state index in [0.29, 0.717) is 5.56 Å². The molecule has 0 aliphatic rings. The zero-order valence-electron chi connectivity index (χ0n) is 20.8. The zero-order valence-corrected chi connectivity index (χ0v) is 20.8. The van der Waals surface area contributed by atoms with Crippen LogP contribution in [0.4, 0.5) is 4.39 Å². The van der Waals surface area contributed by atoms with Gasteiger partial charge in [-0.1, -0.05) is 87.5 Å². The first kappa shape index (κ1) is 26.8. The van der Waals surface area contributed by atoms with Crippen molar-refractivity contribution in [1.82, 2.24) is 0 Å². The second kappa shape index (κ2) is 14.0. The van der Waals surface area contributed by atoms with Crippen molar-refractivity contribution in [3.05, 3.63) is 114 Å². The van der Waals surface area contributed by atoms with E-state index in [2.05, 4.69) is 58.2 Å². The maximum absolute atomic E-state index is 12.5. The molecule has 0 N–H and O–H groups in total. The Morgan fingerprint density at radius 2 is 1.71 bits per heavy atom. The Kier molecular flexibility index (Phi) is 11.0. The average Bonchev–Trinajstić information content (AvgIpc) is 2.84. The molecular formula is C32H36FN. The van der Waals surface area contributed by atoms with E-state index in [9.17, 15) is 9.65 Å². The molecule has 1 nitrogen and oxygen atoms in total. The quantitative estimate of drug-likeness (QED) is 0.296. The van der Waals surface area contributed by atoms with Crippen LogP contribution >= 0.6 is 0 Å². The van der Waals surface area contributed by atoms with Gasteiger partial charge in [0.15, 0.2) is 0 Å². The van der Waals surface area contributed by atoms with Gasteiger partial charge < -0.3 is 0 Å². The normalized spacial score (nSPS) is 10.1. The highest BCUT2D eigenvalue weighted by Gasteiger charge is 2.08. The van der Waals surface area contributed by atoms with Gasteiger partial charge in [-0.15, -0.1) is 0 Å². The van der Waals surface area contributed by atoms with Gasteiger partial charge in [0.1, 0.15) is 5.82 Å². The van der Waals surface area contributed by atoms with E-state index in [0.717, 1.165) is 55.2 Å². The fourth-order valence-electron chi connectivity index (χ4n) is 3.90. The Morgan fingerprint density at radius 1 is 0.941 bits per heavy atom. The molecule has 0 radical (unpaired) electrons. The van der Waals surface area contributed by atoms with Gasteiger partial charge in [0, 0.05) is 0 Å². The predicted molar refractivity (Wildman–Crippen MR) is 144 cm³/mol. The lowest BCUT2D eigenvalue weighted by Gasteiger charge is -2.12. The molecule has 0 aliphatic carbocycles. The number of halogens is 1. The smallest absolute Gasteiger partial charge is 0.123 e. The van der Waals surface area contributed by atoms with Crippen LogP contribution in [-0.2, 0) is 6.42 Å². The number of nitriles is 1. The molecule has 0 aliphatic heterocycles. The summed E-state index contributed by atoms with van der Waals surface area (Å²) in [4.78, 5) is 0. The molecule has 0 heterocycles. The molecule has 0 saturated carbocycles. The molecule has 0 saturated heterocycles. The molecular weight excluding hydrogens is 417 g/mol. The van der Waals surface area contributed by atoms with Crippen LogP contribution in [0.1, 0.15) is 68.2 Å². The first-order valence-corrected chi connectivity index (χ1v) is 12.1. The summed E-state index contributed by atoms with van der Waals surface area (Å²) in [6, 6.07) is 23.1. The molecule has 3 aromatic rings. The summed E-state index contributed by atoms with van der Waals surface area (Å²) in [5.41, 5.74) is 8.78. The summed E-state index contributed by atoms with van der Waals surface area (Å²) in [5, 5.41) is 9.28. The van der Waals surface area contributed by atoms with Crippen LogP contribution in [0, 0.1) is 24.1 Å². The third-order valence-electron chi connectivity index (χ3n) is 5.90. The van der Waals surface area contributed by atoms with E-state index < -0.39 is 0 Å². The van der Waals surface area contributed by atoms with Gasteiger partial charge in [0.2, 0.25) is 0 Å². The van der Waals surface area contributed by atoms with Crippen molar-refractivity contribution in [2.24, 2.45) is 0 Å². The van der Waals surface area contributed by atoms with Gasteiger partial charge in [-0.2, -0.15) is 5.26 Å². The minimum absolute atomic E-state index is 0.133. The Bertz CT molecular complexity index is 1150. The Hall–Kier alpha value is -3.44. The lowest BCUT2D eigenvalue weighted by molar-refractivity contribution is 0.625. The number of benzene rings is 3. The molecule has 0 atom stereocenters. The van der Waals surface area contributed by atoms with Crippen molar-refractivity contribution in [2.75, 3.05) is 0 Å². The van der Waals surface area contributed by atoms with E-state index in [-0.39, 0.29) is 5.82 Å². The van der Waals surface area contributed by atoms with Gasteiger partial charge in [-0.3, -0.25) is 0 Å². The minimum atomic E-state index is -0.133. The van der Waals surface area contributed by atoms with Crippen LogP contribution in [0.2, 0.25) is 0 Å². The Balaban J connectivity index is 0.000000340. The summed E-state index contributed by atoms with van der Waals surface area (Å²) in [7, 11) is 0. The summed E-state index contributed by atoms with van der Waals surface area (Å²) >= 11 is 0. The highest BCUT2D eigenvalue weighted by molar-refractivity contribution is 5.75. The van der Waals surface area contributed by atoms with Crippen LogP contribution in [0.25, 0.3) is 16.7 Å². The van der Waals surface area contributed by atoms with Crippen molar-refractivity contribution < 1.29 is 4.39 Å². The number of nitrogens with zero attached hydrogens (tertiary/aromatic N) is 1. The third-order valence-corrected chi connectivity index (χ3v) is 5.90. The van der Waals surface area contributed by atoms with Crippen molar-refractivity contribution in [3.8, 4) is 17.2 Å². The standard InChI is InChI=1S/C23H25N.C9H11F/c1-5-17(2)9-8-10-18(3)22-14-13-20(15-19(22)4)23-12-7-6-11-21(23)16-24;1-2-4-8-5-3-6-9(10)7-8/h6-7,11-15H,2-3,5,8-10H2,1,4H3;3,5-7H,2,4H2,1H3. The van der Waals surface area contributed by atoms with E-state index in [1.54, 1.807) is 12.1 Å². The van der Waals surface area contributed by atoms with E-state index in [1.165, 1.54) is 28.3 Å². The van der Waals surface area contributed by atoms with E-state index in [4.69, 9.17) is 0 Å². The monoisotopic (exact) mass is 453 g/mol. The van der Waals surface area contributed by atoms with Gasteiger partial charge in [-0.05, 0) is 90.6 Å². The van der Waals surface area contributed by atoms with Gasteiger partial charge >= 0.3 is 0 Å². The summed E-state index contributed by atoms with van der Waals surface area (Å²) < 4.78 is 12.5. The first-order valence-electron chi connectivity index (χ1n) is 12.1. The van der Waals surface area contributed by atoms with Crippen LogP contribution in [0.15, 0.2) is 85.5 Å². The summed E-state index contributed by atoms with van der Waals surface area (Å²) in [5.74, 6) is -0.133. The van der Waals surface area contributed by atoms with Gasteiger partial charge in [0.25, 0.3) is 0 Å². The molecule has 0 unspecified atom stereocenters.